The molecule has 0 spiro atoms. The average Bonchev–Trinajstić information content (AvgIpc) is 2.49. The van der Waals surface area contributed by atoms with Crippen molar-refractivity contribution >= 4 is 30.1 Å². The number of halogens is 1. The van der Waals surface area contributed by atoms with Crippen molar-refractivity contribution in [3.63, 3.8) is 0 Å². The van der Waals surface area contributed by atoms with Crippen molar-refractivity contribution in [2.45, 2.75) is 56.1 Å². The average molecular weight is 328 g/mol. The van der Waals surface area contributed by atoms with Crippen molar-refractivity contribution < 1.29 is 9.53 Å². The van der Waals surface area contributed by atoms with Crippen LogP contribution in [0.25, 0.3) is 0 Å². The van der Waals surface area contributed by atoms with Gasteiger partial charge >= 0.3 is 0 Å². The molecule has 1 atom stereocenters. The van der Waals surface area contributed by atoms with Crippen molar-refractivity contribution in [3.05, 3.63) is 28.8 Å². The summed E-state index contributed by atoms with van der Waals surface area (Å²) in [5, 5.41) is 3.54. The number of benzene rings is 1. The van der Waals surface area contributed by atoms with Crippen LogP contribution in [-0.4, -0.2) is 24.2 Å². The van der Waals surface area contributed by atoms with Gasteiger partial charge in [-0.25, -0.2) is 0 Å². The third-order valence-electron chi connectivity index (χ3n) is 4.31. The van der Waals surface area contributed by atoms with E-state index in [0.29, 0.717) is 17.2 Å². The van der Waals surface area contributed by atoms with Crippen molar-refractivity contribution in [3.8, 4) is 0 Å². The lowest BCUT2D eigenvalue weighted by molar-refractivity contribution is -0.0917. The summed E-state index contributed by atoms with van der Waals surface area (Å²) in [6, 6.07) is 5.30. The highest BCUT2D eigenvalue weighted by Gasteiger charge is 2.35. The Morgan fingerprint density at radius 3 is 2.86 bits per heavy atom. The number of ether oxygens (including phenoxy) is 1. The van der Waals surface area contributed by atoms with E-state index in [1.165, 1.54) is 0 Å². The van der Waals surface area contributed by atoms with Crippen molar-refractivity contribution in [1.82, 2.24) is 5.32 Å². The van der Waals surface area contributed by atoms with E-state index in [9.17, 15) is 4.79 Å². The van der Waals surface area contributed by atoms with Gasteiger partial charge in [0.05, 0.1) is 16.2 Å². The Morgan fingerprint density at radius 1 is 1.48 bits per heavy atom. The predicted octanol–water partition coefficient (Wildman–Crippen LogP) is 4.10. The molecule has 2 rings (SSSR count). The Balaban J connectivity index is 2.07. The number of amides is 1. The van der Waals surface area contributed by atoms with Crippen molar-refractivity contribution in [2.75, 3.05) is 6.61 Å². The zero-order valence-corrected chi connectivity index (χ0v) is 14.1. The van der Waals surface area contributed by atoms with Gasteiger partial charge in [-0.1, -0.05) is 25.4 Å². The fraction of sp³-hybridized carbons (Fsp3) is 0.562. The lowest BCUT2D eigenvalue weighted by atomic mass is 9.86. The van der Waals surface area contributed by atoms with Gasteiger partial charge in [0.15, 0.2) is 0 Å². The third-order valence-corrected chi connectivity index (χ3v) is 4.92. The summed E-state index contributed by atoms with van der Waals surface area (Å²) in [7, 11) is 0. The zero-order valence-electron chi connectivity index (χ0n) is 12.5. The number of carbonyl (C=O) groups is 1. The monoisotopic (exact) mass is 327 g/mol. The van der Waals surface area contributed by atoms with Gasteiger partial charge in [0.1, 0.15) is 0 Å². The SMILES string of the molecule is CCC1(CC)CC(NC(=O)c2cc(S)ccc2Cl)CCO1. The minimum Gasteiger partial charge on any atom is -0.375 e. The maximum Gasteiger partial charge on any atom is 0.253 e. The van der Waals surface area contributed by atoms with Crippen LogP contribution in [0.2, 0.25) is 5.02 Å². The van der Waals surface area contributed by atoms with E-state index in [-0.39, 0.29) is 17.6 Å². The van der Waals surface area contributed by atoms with Crippen LogP contribution in [-0.2, 0) is 4.74 Å². The van der Waals surface area contributed by atoms with Gasteiger partial charge in [-0.3, -0.25) is 4.79 Å². The van der Waals surface area contributed by atoms with Crippen LogP contribution in [0.15, 0.2) is 23.1 Å². The quantitative estimate of drug-likeness (QED) is 0.817. The molecule has 1 aliphatic heterocycles. The molecule has 3 nitrogen and oxygen atoms in total. The molecule has 1 aromatic rings. The minimum atomic E-state index is -0.135. The van der Waals surface area contributed by atoms with Crippen molar-refractivity contribution in [1.29, 1.82) is 0 Å². The number of thiol groups is 1. The molecule has 1 fully saturated rings. The second kappa shape index (κ2) is 7.03. The number of hydrogen-bond donors (Lipinski definition) is 2. The highest BCUT2D eigenvalue weighted by Crippen LogP contribution is 2.31. The van der Waals surface area contributed by atoms with E-state index in [0.717, 1.165) is 30.6 Å². The molecule has 1 unspecified atom stereocenters. The molecule has 1 amide bonds. The lowest BCUT2D eigenvalue weighted by Crippen LogP contribution is -2.48. The van der Waals surface area contributed by atoms with Gasteiger partial charge in [0, 0.05) is 17.5 Å². The number of carbonyl (C=O) groups excluding carboxylic acids is 1. The first kappa shape index (κ1) is 16.7. The van der Waals surface area contributed by atoms with Crippen LogP contribution in [0.1, 0.15) is 49.9 Å². The smallest absolute Gasteiger partial charge is 0.253 e. The fourth-order valence-corrected chi connectivity index (χ4v) is 3.25. The summed E-state index contributed by atoms with van der Waals surface area (Å²) in [5.41, 5.74) is 0.375. The van der Waals surface area contributed by atoms with Gasteiger partial charge in [-0.15, -0.1) is 12.6 Å². The highest BCUT2D eigenvalue weighted by atomic mass is 35.5. The van der Waals surface area contributed by atoms with E-state index in [1.807, 2.05) is 0 Å². The van der Waals surface area contributed by atoms with Crippen LogP contribution >= 0.6 is 24.2 Å². The summed E-state index contributed by atoms with van der Waals surface area (Å²) in [4.78, 5) is 13.1. The summed E-state index contributed by atoms with van der Waals surface area (Å²) >= 11 is 10.4. The van der Waals surface area contributed by atoms with Crippen LogP contribution < -0.4 is 5.32 Å². The molecule has 0 aromatic heterocycles. The van der Waals surface area contributed by atoms with E-state index in [4.69, 9.17) is 16.3 Å². The first-order valence-corrected chi connectivity index (χ1v) is 8.25. The first-order chi connectivity index (χ1) is 9.99. The van der Waals surface area contributed by atoms with Gasteiger partial charge in [-0.2, -0.15) is 0 Å². The molecule has 116 valence electrons. The standard InChI is InChI=1S/C16H22ClNO2S/c1-3-16(4-2)10-11(7-8-20-16)18-15(19)13-9-12(21)5-6-14(13)17/h5-6,9,11,21H,3-4,7-8,10H2,1-2H3,(H,18,19). The largest absolute Gasteiger partial charge is 0.375 e. The maximum atomic E-state index is 12.4. The summed E-state index contributed by atoms with van der Waals surface area (Å²) in [6.45, 7) is 4.96. The molecule has 1 aromatic carbocycles. The predicted molar refractivity (Wildman–Crippen MR) is 88.5 cm³/mol. The van der Waals surface area contributed by atoms with E-state index >= 15 is 0 Å². The fourth-order valence-electron chi connectivity index (χ4n) is 2.84. The van der Waals surface area contributed by atoms with Gasteiger partial charge in [-0.05, 0) is 43.9 Å². The Kier molecular flexibility index (Phi) is 5.58. The van der Waals surface area contributed by atoms with Crippen LogP contribution in [0.5, 0.6) is 0 Å². The molecule has 21 heavy (non-hydrogen) atoms. The second-order valence-electron chi connectivity index (χ2n) is 5.57. The van der Waals surface area contributed by atoms with E-state index in [1.54, 1.807) is 18.2 Å². The summed E-state index contributed by atoms with van der Waals surface area (Å²) in [5.74, 6) is -0.135. The number of hydrogen-bond acceptors (Lipinski definition) is 3. The van der Waals surface area contributed by atoms with Crippen LogP contribution in [0.4, 0.5) is 0 Å². The molecule has 1 N–H and O–H groups in total. The highest BCUT2D eigenvalue weighted by molar-refractivity contribution is 7.80. The molecule has 0 saturated carbocycles. The summed E-state index contributed by atoms with van der Waals surface area (Å²) in [6.07, 6.45) is 3.61. The molecule has 0 radical (unpaired) electrons. The summed E-state index contributed by atoms with van der Waals surface area (Å²) < 4.78 is 5.93. The normalized spacial score (nSPS) is 21.0. The number of rotatable bonds is 4. The third kappa shape index (κ3) is 3.93. The Bertz CT molecular complexity index is 517. The van der Waals surface area contributed by atoms with Gasteiger partial charge in [0.2, 0.25) is 0 Å². The minimum absolute atomic E-state index is 0.106. The molecular weight excluding hydrogens is 306 g/mol. The molecule has 1 saturated heterocycles. The van der Waals surface area contributed by atoms with Gasteiger partial charge in [0.25, 0.3) is 5.91 Å². The Morgan fingerprint density at radius 2 is 2.19 bits per heavy atom. The van der Waals surface area contributed by atoms with Crippen molar-refractivity contribution in [2.24, 2.45) is 0 Å². The zero-order chi connectivity index (χ0) is 15.5. The van der Waals surface area contributed by atoms with Crippen LogP contribution in [0.3, 0.4) is 0 Å². The molecule has 0 bridgehead atoms. The molecule has 0 aliphatic carbocycles. The molecule has 5 heteroatoms. The van der Waals surface area contributed by atoms with Crippen LogP contribution in [0, 0.1) is 0 Å². The van der Waals surface area contributed by atoms with Gasteiger partial charge < -0.3 is 10.1 Å². The molecule has 1 heterocycles. The maximum absolute atomic E-state index is 12.4. The van der Waals surface area contributed by atoms with E-state index < -0.39 is 0 Å². The van der Waals surface area contributed by atoms with E-state index in [2.05, 4.69) is 31.8 Å². The first-order valence-electron chi connectivity index (χ1n) is 7.43. The Labute approximate surface area is 136 Å². The molecule has 1 aliphatic rings. The lowest BCUT2D eigenvalue weighted by Gasteiger charge is -2.40. The molecular formula is C16H22ClNO2S. The second-order valence-corrected chi connectivity index (χ2v) is 6.49. The topological polar surface area (TPSA) is 38.3 Å². The Hall–Kier alpha value is -0.710. The number of nitrogens with one attached hydrogen (secondary N) is 1.